The Kier molecular flexibility index (Phi) is 6.88. The van der Waals surface area contributed by atoms with Crippen LogP contribution in [0.15, 0.2) is 53.4 Å². The zero-order valence-electron chi connectivity index (χ0n) is 17.5. The number of amides is 2. The van der Waals surface area contributed by atoms with Gasteiger partial charge in [-0.05, 0) is 62.4 Å². The third-order valence-electron chi connectivity index (χ3n) is 4.96. The third-order valence-corrected chi connectivity index (χ3v) is 7.25. The second kappa shape index (κ2) is 9.25. The van der Waals surface area contributed by atoms with E-state index in [2.05, 4.69) is 0 Å². The molecule has 0 radical (unpaired) electrons. The molecule has 1 aliphatic heterocycles. The van der Waals surface area contributed by atoms with Crippen molar-refractivity contribution in [3.8, 4) is 5.75 Å². The van der Waals surface area contributed by atoms with Crippen LogP contribution in [0.4, 0.5) is 5.69 Å². The fraction of sp³-hybridized carbons (Fsp3) is 0.333. The first-order chi connectivity index (χ1) is 14.6. The summed E-state index contributed by atoms with van der Waals surface area (Å²) in [4.78, 5) is 28.2. The topological polar surface area (TPSA) is 87.2 Å². The molecule has 166 valence electrons. The van der Waals surface area contributed by atoms with Crippen LogP contribution in [0.3, 0.4) is 0 Å². The number of hydrogen-bond donors (Lipinski definition) is 0. The van der Waals surface area contributed by atoms with Gasteiger partial charge in [-0.1, -0.05) is 11.6 Å². The van der Waals surface area contributed by atoms with E-state index >= 15 is 0 Å². The van der Waals surface area contributed by atoms with Crippen LogP contribution in [0.2, 0.25) is 5.02 Å². The van der Waals surface area contributed by atoms with Gasteiger partial charge in [-0.2, -0.15) is 4.31 Å². The molecule has 10 heteroatoms. The Balaban J connectivity index is 1.76. The Morgan fingerprint density at radius 1 is 1.13 bits per heavy atom. The maximum atomic E-state index is 13.1. The molecule has 1 saturated heterocycles. The minimum Gasteiger partial charge on any atom is -0.497 e. The van der Waals surface area contributed by atoms with E-state index in [1.165, 1.54) is 29.0 Å². The average Bonchev–Trinajstić information content (AvgIpc) is 3.13. The first kappa shape index (κ1) is 23.1. The summed E-state index contributed by atoms with van der Waals surface area (Å²) in [6.45, 7) is 2.96. The van der Waals surface area contributed by atoms with Crippen LogP contribution in [0.1, 0.15) is 13.8 Å². The van der Waals surface area contributed by atoms with Gasteiger partial charge in [0.2, 0.25) is 21.8 Å². The summed E-state index contributed by atoms with van der Waals surface area (Å²) in [5.41, 5.74) is 0.622. The Morgan fingerprint density at radius 2 is 1.74 bits per heavy atom. The summed E-state index contributed by atoms with van der Waals surface area (Å²) >= 11 is 5.89. The summed E-state index contributed by atoms with van der Waals surface area (Å²) in [6.07, 6.45) is 0. The standard InChI is InChI=1S/C21H24ClN3O5S/c1-15(2)25(31(28,29)19-10-8-18(30-3)9-11-19)13-20(26)23-12-21(27)24(14-23)17-6-4-16(22)5-7-17/h4-11,15H,12-14H2,1-3H3. The van der Waals surface area contributed by atoms with Crippen molar-refractivity contribution in [2.24, 2.45) is 0 Å². The van der Waals surface area contributed by atoms with E-state index in [-0.39, 0.29) is 30.6 Å². The largest absolute Gasteiger partial charge is 0.497 e. The van der Waals surface area contributed by atoms with Gasteiger partial charge >= 0.3 is 0 Å². The van der Waals surface area contributed by atoms with E-state index in [1.54, 1.807) is 50.2 Å². The Morgan fingerprint density at radius 3 is 2.29 bits per heavy atom. The fourth-order valence-electron chi connectivity index (χ4n) is 3.22. The second-order valence-electron chi connectivity index (χ2n) is 7.35. The molecule has 1 aliphatic rings. The van der Waals surface area contributed by atoms with Crippen LogP contribution >= 0.6 is 11.6 Å². The summed E-state index contributed by atoms with van der Waals surface area (Å²) in [7, 11) is -2.42. The summed E-state index contributed by atoms with van der Waals surface area (Å²) in [5.74, 6) is -0.163. The van der Waals surface area contributed by atoms with Crippen LogP contribution in [-0.4, -0.2) is 62.3 Å². The highest BCUT2D eigenvalue weighted by Gasteiger charge is 2.35. The molecule has 0 saturated carbocycles. The van der Waals surface area contributed by atoms with Crippen LogP contribution in [0, 0.1) is 0 Å². The lowest BCUT2D eigenvalue weighted by Gasteiger charge is -2.27. The van der Waals surface area contributed by atoms with Gasteiger partial charge in [0.15, 0.2) is 0 Å². The van der Waals surface area contributed by atoms with Crippen molar-refractivity contribution < 1.29 is 22.7 Å². The van der Waals surface area contributed by atoms with E-state index in [4.69, 9.17) is 16.3 Å². The molecule has 0 unspecified atom stereocenters. The number of rotatable bonds is 7. The zero-order valence-corrected chi connectivity index (χ0v) is 19.1. The predicted molar refractivity (Wildman–Crippen MR) is 118 cm³/mol. The molecule has 31 heavy (non-hydrogen) atoms. The van der Waals surface area contributed by atoms with Crippen molar-refractivity contribution in [2.45, 2.75) is 24.8 Å². The summed E-state index contributed by atoms with van der Waals surface area (Å²) < 4.78 is 32.5. The molecular formula is C21H24ClN3O5S. The molecule has 0 bridgehead atoms. The molecule has 0 spiro atoms. The molecule has 1 heterocycles. The van der Waals surface area contributed by atoms with Crippen LogP contribution in [0.25, 0.3) is 0 Å². The Labute approximate surface area is 187 Å². The molecular weight excluding hydrogens is 442 g/mol. The van der Waals surface area contributed by atoms with Crippen molar-refractivity contribution in [2.75, 3.05) is 31.8 Å². The molecule has 0 aromatic heterocycles. The molecule has 0 N–H and O–H groups in total. The van der Waals surface area contributed by atoms with Gasteiger partial charge in [0.05, 0.1) is 18.6 Å². The highest BCUT2D eigenvalue weighted by Crippen LogP contribution is 2.24. The number of benzene rings is 2. The van der Waals surface area contributed by atoms with Crippen LogP contribution in [-0.2, 0) is 19.6 Å². The van der Waals surface area contributed by atoms with Gasteiger partial charge in [-0.15, -0.1) is 0 Å². The number of carbonyl (C=O) groups excluding carboxylic acids is 2. The van der Waals surface area contributed by atoms with Crippen molar-refractivity contribution in [1.29, 1.82) is 0 Å². The van der Waals surface area contributed by atoms with E-state index < -0.39 is 22.0 Å². The number of ether oxygens (including phenoxy) is 1. The normalized spacial score (nSPS) is 14.6. The van der Waals surface area contributed by atoms with E-state index in [9.17, 15) is 18.0 Å². The smallest absolute Gasteiger partial charge is 0.248 e. The Hall–Kier alpha value is -2.62. The number of hydrogen-bond acceptors (Lipinski definition) is 5. The van der Waals surface area contributed by atoms with Gasteiger partial charge in [0.25, 0.3) is 0 Å². The first-order valence-electron chi connectivity index (χ1n) is 9.63. The Bertz CT molecular complexity index is 1060. The minimum atomic E-state index is -3.92. The lowest BCUT2D eigenvalue weighted by atomic mass is 10.3. The van der Waals surface area contributed by atoms with E-state index in [0.29, 0.717) is 16.5 Å². The van der Waals surface area contributed by atoms with Gasteiger partial charge < -0.3 is 9.64 Å². The van der Waals surface area contributed by atoms with E-state index in [1.807, 2.05) is 0 Å². The monoisotopic (exact) mass is 465 g/mol. The highest BCUT2D eigenvalue weighted by molar-refractivity contribution is 7.89. The number of methoxy groups -OCH3 is 1. The van der Waals surface area contributed by atoms with Crippen molar-refractivity contribution in [3.63, 3.8) is 0 Å². The molecule has 1 fully saturated rings. The molecule has 8 nitrogen and oxygen atoms in total. The highest BCUT2D eigenvalue weighted by atomic mass is 35.5. The number of nitrogens with zero attached hydrogens (tertiary/aromatic N) is 3. The predicted octanol–water partition coefficient (Wildman–Crippen LogP) is 2.58. The zero-order chi connectivity index (χ0) is 22.8. The summed E-state index contributed by atoms with van der Waals surface area (Å²) in [6, 6.07) is 12.2. The number of carbonyl (C=O) groups is 2. The van der Waals surface area contributed by atoms with Gasteiger partial charge in [-0.25, -0.2) is 8.42 Å². The molecule has 2 aromatic carbocycles. The van der Waals surface area contributed by atoms with Crippen molar-refractivity contribution in [3.05, 3.63) is 53.6 Å². The first-order valence-corrected chi connectivity index (χ1v) is 11.4. The number of sulfonamides is 1. The van der Waals surface area contributed by atoms with Gasteiger partial charge in [-0.3, -0.25) is 14.5 Å². The molecule has 0 atom stereocenters. The average molecular weight is 466 g/mol. The lowest BCUT2D eigenvalue weighted by molar-refractivity contribution is -0.132. The molecule has 2 amide bonds. The second-order valence-corrected chi connectivity index (χ2v) is 9.68. The number of halogens is 1. The maximum absolute atomic E-state index is 13.1. The van der Waals surface area contributed by atoms with Gasteiger partial charge in [0, 0.05) is 16.8 Å². The minimum absolute atomic E-state index is 0.0494. The van der Waals surface area contributed by atoms with Crippen LogP contribution in [0.5, 0.6) is 5.75 Å². The molecule has 3 rings (SSSR count). The van der Waals surface area contributed by atoms with Crippen molar-refractivity contribution >= 4 is 39.1 Å². The van der Waals surface area contributed by atoms with Gasteiger partial charge in [0.1, 0.15) is 19.0 Å². The molecule has 0 aliphatic carbocycles. The van der Waals surface area contributed by atoms with Crippen molar-refractivity contribution in [1.82, 2.24) is 9.21 Å². The molecule has 2 aromatic rings. The van der Waals surface area contributed by atoms with E-state index in [0.717, 1.165) is 4.31 Å². The quantitative estimate of drug-likeness (QED) is 0.627. The SMILES string of the molecule is COc1ccc(S(=O)(=O)N(CC(=O)N2CC(=O)N(c3ccc(Cl)cc3)C2)C(C)C)cc1. The maximum Gasteiger partial charge on any atom is 0.248 e. The third kappa shape index (κ3) is 5.00. The number of anilines is 1. The lowest BCUT2D eigenvalue weighted by Crippen LogP contribution is -2.45. The fourth-order valence-corrected chi connectivity index (χ4v) is 4.94. The summed E-state index contributed by atoms with van der Waals surface area (Å²) in [5, 5.41) is 0.541. The van der Waals surface area contributed by atoms with Crippen LogP contribution < -0.4 is 9.64 Å².